The number of nitrogens with two attached hydrogens (primary N) is 1. The number of aryl methyl sites for hydroxylation is 2. The Hall–Kier alpha value is -1.74. The highest BCUT2D eigenvalue weighted by Crippen LogP contribution is 2.37. The molecule has 0 radical (unpaired) electrons. The minimum absolute atomic E-state index is 0.160. The van der Waals surface area contributed by atoms with E-state index in [0.29, 0.717) is 12.0 Å². The Kier molecular flexibility index (Phi) is 9.03. The van der Waals surface area contributed by atoms with E-state index in [4.69, 9.17) is 10.5 Å². The Labute approximate surface area is 179 Å². The van der Waals surface area contributed by atoms with Gasteiger partial charge in [-0.05, 0) is 67.3 Å². The largest absolute Gasteiger partial charge is 0.493 e. The van der Waals surface area contributed by atoms with Gasteiger partial charge in [0, 0.05) is 4.90 Å². The summed E-state index contributed by atoms with van der Waals surface area (Å²) in [4.78, 5) is 1.16. The Morgan fingerprint density at radius 3 is 2.17 bits per heavy atom. The van der Waals surface area contributed by atoms with Crippen molar-refractivity contribution in [1.29, 1.82) is 0 Å². The molecule has 0 atom stereocenters. The monoisotopic (exact) mass is 443 g/mol. The minimum Gasteiger partial charge on any atom is -0.493 e. The first-order chi connectivity index (χ1) is 14.2. The van der Waals surface area contributed by atoms with Gasteiger partial charge < -0.3 is 20.7 Å². The molecule has 2 aromatic carbocycles. The van der Waals surface area contributed by atoms with Crippen LogP contribution in [0.15, 0.2) is 47.4 Å². The first-order valence-electron chi connectivity index (χ1n) is 9.67. The molecule has 0 unspecified atom stereocenters. The molecule has 0 aliphatic heterocycles. The average Bonchev–Trinajstić information content (AvgIpc) is 2.75. The van der Waals surface area contributed by atoms with Crippen molar-refractivity contribution in [2.24, 2.45) is 5.73 Å². The van der Waals surface area contributed by atoms with Gasteiger partial charge in [-0.1, -0.05) is 18.2 Å². The second-order valence-corrected chi connectivity index (χ2v) is 8.19. The van der Waals surface area contributed by atoms with Crippen LogP contribution in [-0.4, -0.2) is 41.8 Å². The van der Waals surface area contributed by atoms with Crippen molar-refractivity contribution in [3.05, 3.63) is 59.2 Å². The smallest absolute Gasteiger partial charge is 0.419 e. The summed E-state index contributed by atoms with van der Waals surface area (Å²) in [6, 6.07) is 12.0. The van der Waals surface area contributed by atoms with Gasteiger partial charge in [0.1, 0.15) is 5.75 Å². The molecule has 2 rings (SSSR count). The SMILES string of the molecule is CSc1ccc(CCCOc2ccc(CCC(N)(CO)CO)cc2C(F)(F)F)cc1. The van der Waals surface area contributed by atoms with Crippen molar-refractivity contribution in [1.82, 2.24) is 0 Å². The fourth-order valence-electron chi connectivity index (χ4n) is 2.93. The molecule has 0 bridgehead atoms. The zero-order valence-electron chi connectivity index (χ0n) is 16.9. The number of alkyl halides is 3. The number of halogens is 3. The summed E-state index contributed by atoms with van der Waals surface area (Å²) in [7, 11) is 0. The van der Waals surface area contributed by atoms with Crippen LogP contribution in [-0.2, 0) is 19.0 Å². The quantitative estimate of drug-likeness (QED) is 0.361. The van der Waals surface area contributed by atoms with Gasteiger partial charge in [-0.25, -0.2) is 0 Å². The number of thioether (sulfide) groups is 1. The molecule has 0 amide bonds. The Morgan fingerprint density at radius 1 is 0.967 bits per heavy atom. The minimum atomic E-state index is -4.55. The van der Waals surface area contributed by atoms with Gasteiger partial charge in [-0.3, -0.25) is 0 Å². The van der Waals surface area contributed by atoms with E-state index in [9.17, 15) is 23.4 Å². The first-order valence-corrected chi connectivity index (χ1v) is 10.9. The molecule has 0 aliphatic carbocycles. The normalized spacial score (nSPS) is 12.2. The molecule has 4 nitrogen and oxygen atoms in total. The third kappa shape index (κ3) is 7.19. The lowest BCUT2D eigenvalue weighted by Gasteiger charge is -2.24. The predicted molar refractivity (Wildman–Crippen MR) is 113 cm³/mol. The highest BCUT2D eigenvalue weighted by molar-refractivity contribution is 7.98. The van der Waals surface area contributed by atoms with Crippen molar-refractivity contribution in [2.75, 3.05) is 26.1 Å². The highest BCUT2D eigenvalue weighted by atomic mass is 32.2. The Balaban J connectivity index is 1.99. The van der Waals surface area contributed by atoms with Crippen LogP contribution < -0.4 is 10.5 Å². The van der Waals surface area contributed by atoms with Crippen molar-refractivity contribution in [3.8, 4) is 5.75 Å². The molecule has 0 saturated carbocycles. The predicted octanol–water partition coefficient (Wildman–Crippen LogP) is 4.05. The highest BCUT2D eigenvalue weighted by Gasteiger charge is 2.35. The molecule has 30 heavy (non-hydrogen) atoms. The fourth-order valence-corrected chi connectivity index (χ4v) is 3.34. The molecule has 8 heteroatoms. The third-order valence-corrected chi connectivity index (χ3v) is 5.66. The standard InChI is InChI=1S/C22H28F3NO3S/c1-30-18-7-4-16(5-8-18)3-2-12-29-20-9-6-17(13-19(20)22(23,24)25)10-11-21(26,14-27)15-28/h4-9,13,27-28H,2-3,10-12,14-15,26H2,1H3. The number of hydrogen-bond donors (Lipinski definition) is 3. The van der Waals surface area contributed by atoms with E-state index in [1.807, 2.05) is 30.5 Å². The maximum absolute atomic E-state index is 13.5. The van der Waals surface area contributed by atoms with Gasteiger partial charge in [-0.15, -0.1) is 11.8 Å². The molecule has 0 heterocycles. The fraction of sp³-hybridized carbons (Fsp3) is 0.455. The topological polar surface area (TPSA) is 75.7 Å². The molecule has 166 valence electrons. The van der Waals surface area contributed by atoms with E-state index in [1.54, 1.807) is 17.8 Å². The van der Waals surface area contributed by atoms with Crippen LogP contribution in [0.1, 0.15) is 29.5 Å². The van der Waals surface area contributed by atoms with Gasteiger partial charge in [0.05, 0.1) is 30.9 Å². The van der Waals surface area contributed by atoms with E-state index in [-0.39, 0.29) is 25.2 Å². The van der Waals surface area contributed by atoms with Crippen molar-refractivity contribution >= 4 is 11.8 Å². The molecule has 0 spiro atoms. The number of aliphatic hydroxyl groups is 2. The van der Waals surface area contributed by atoms with Crippen LogP contribution in [0.3, 0.4) is 0 Å². The lowest BCUT2D eigenvalue weighted by Crippen LogP contribution is -2.47. The van der Waals surface area contributed by atoms with Gasteiger partial charge in [0.25, 0.3) is 0 Å². The van der Waals surface area contributed by atoms with Crippen molar-refractivity contribution < 1.29 is 28.1 Å². The number of benzene rings is 2. The number of aliphatic hydroxyl groups excluding tert-OH is 2. The summed E-state index contributed by atoms with van der Waals surface area (Å²) in [6.45, 7) is -0.721. The van der Waals surface area contributed by atoms with Crippen LogP contribution in [0.2, 0.25) is 0 Å². The van der Waals surface area contributed by atoms with E-state index in [2.05, 4.69) is 0 Å². The first kappa shape index (κ1) is 24.5. The third-order valence-electron chi connectivity index (χ3n) is 4.92. The molecule has 0 fully saturated rings. The van der Waals surface area contributed by atoms with E-state index >= 15 is 0 Å². The van der Waals surface area contributed by atoms with Crippen LogP contribution >= 0.6 is 11.8 Å². The molecular formula is C22H28F3NO3S. The zero-order valence-corrected chi connectivity index (χ0v) is 17.7. The van der Waals surface area contributed by atoms with Crippen LogP contribution in [0.4, 0.5) is 13.2 Å². The summed E-state index contributed by atoms with van der Waals surface area (Å²) < 4.78 is 45.9. The number of rotatable bonds is 11. The maximum Gasteiger partial charge on any atom is 0.419 e. The molecule has 0 saturated heterocycles. The number of ether oxygens (including phenoxy) is 1. The van der Waals surface area contributed by atoms with Crippen LogP contribution in [0.5, 0.6) is 5.75 Å². The summed E-state index contributed by atoms with van der Waals surface area (Å²) >= 11 is 1.65. The average molecular weight is 444 g/mol. The van der Waals surface area contributed by atoms with Gasteiger partial charge >= 0.3 is 6.18 Å². The maximum atomic E-state index is 13.5. The van der Waals surface area contributed by atoms with Crippen LogP contribution in [0, 0.1) is 0 Å². The van der Waals surface area contributed by atoms with Gasteiger partial charge in [-0.2, -0.15) is 13.2 Å². The molecule has 0 aliphatic rings. The molecule has 4 N–H and O–H groups in total. The Bertz CT molecular complexity index is 793. The lowest BCUT2D eigenvalue weighted by molar-refractivity contribution is -0.139. The summed E-state index contributed by atoms with van der Waals surface area (Å²) in [5.74, 6) is -0.202. The zero-order chi connectivity index (χ0) is 22.2. The molecule has 2 aromatic rings. The van der Waals surface area contributed by atoms with E-state index < -0.39 is 30.5 Å². The molecule has 0 aromatic heterocycles. The second-order valence-electron chi connectivity index (χ2n) is 7.31. The van der Waals surface area contributed by atoms with Crippen LogP contribution in [0.25, 0.3) is 0 Å². The summed E-state index contributed by atoms with van der Waals surface area (Å²) in [5, 5.41) is 18.5. The lowest BCUT2D eigenvalue weighted by atomic mass is 9.93. The number of hydrogen-bond acceptors (Lipinski definition) is 5. The summed E-state index contributed by atoms with van der Waals surface area (Å²) in [5.41, 5.74) is 5.27. The van der Waals surface area contributed by atoms with Crippen molar-refractivity contribution in [2.45, 2.75) is 42.3 Å². The second kappa shape index (κ2) is 11.0. The van der Waals surface area contributed by atoms with E-state index in [0.717, 1.165) is 22.9 Å². The van der Waals surface area contributed by atoms with Gasteiger partial charge in [0.2, 0.25) is 0 Å². The summed E-state index contributed by atoms with van der Waals surface area (Å²) in [6.07, 6.45) is -0.875. The Morgan fingerprint density at radius 2 is 1.60 bits per heavy atom. The van der Waals surface area contributed by atoms with Crippen molar-refractivity contribution in [3.63, 3.8) is 0 Å². The molecular weight excluding hydrogens is 415 g/mol. The van der Waals surface area contributed by atoms with E-state index in [1.165, 1.54) is 6.07 Å². The van der Waals surface area contributed by atoms with Gasteiger partial charge in [0.15, 0.2) is 0 Å².